The molecule has 0 radical (unpaired) electrons. The van der Waals surface area contributed by atoms with Gasteiger partial charge in [-0.05, 0) is 49.2 Å². The van der Waals surface area contributed by atoms with E-state index in [0.29, 0.717) is 12.0 Å². The lowest BCUT2D eigenvalue weighted by Crippen LogP contribution is -2.46. The van der Waals surface area contributed by atoms with Crippen LogP contribution in [0.4, 0.5) is 10.8 Å². The van der Waals surface area contributed by atoms with Crippen molar-refractivity contribution in [2.75, 3.05) is 24.6 Å². The maximum absolute atomic E-state index is 5.93. The standard InChI is InChI=1S/C21H26N4OS/c22-9-2-10-23-18-6-4-16(5-7-18)13-19-14-24-21(27-19)25-11-8-20-17(15-25)3-1-12-26-20/h2,4-7,9-10,14,17,20H,1,3,8,11-13,15,22H2. The quantitative estimate of drug-likeness (QED) is 0.796. The van der Waals surface area contributed by atoms with Crippen molar-refractivity contribution in [2.45, 2.75) is 31.8 Å². The average molecular weight is 383 g/mol. The topological polar surface area (TPSA) is 63.7 Å². The lowest BCUT2D eigenvalue weighted by molar-refractivity contribution is -0.0357. The van der Waals surface area contributed by atoms with Gasteiger partial charge in [0.1, 0.15) is 0 Å². The van der Waals surface area contributed by atoms with Crippen LogP contribution in [-0.4, -0.2) is 37.0 Å². The zero-order valence-corrected chi connectivity index (χ0v) is 16.3. The molecule has 2 unspecified atom stereocenters. The molecule has 142 valence electrons. The number of fused-ring (bicyclic) bond motifs is 1. The summed E-state index contributed by atoms with van der Waals surface area (Å²) in [7, 11) is 0. The van der Waals surface area contributed by atoms with Crippen LogP contribution in [0.5, 0.6) is 0 Å². The first-order valence-corrected chi connectivity index (χ1v) is 10.4. The highest BCUT2D eigenvalue weighted by molar-refractivity contribution is 7.15. The first-order valence-electron chi connectivity index (χ1n) is 9.63. The summed E-state index contributed by atoms with van der Waals surface area (Å²) in [4.78, 5) is 12.8. The van der Waals surface area contributed by atoms with Crippen LogP contribution in [0.1, 0.15) is 29.7 Å². The minimum Gasteiger partial charge on any atom is -0.405 e. The fraction of sp³-hybridized carbons (Fsp3) is 0.429. The van der Waals surface area contributed by atoms with Crippen LogP contribution in [0, 0.1) is 5.92 Å². The first-order chi connectivity index (χ1) is 13.3. The normalized spacial score (nSPS) is 23.2. The number of hydrogen-bond donors (Lipinski definition) is 1. The zero-order chi connectivity index (χ0) is 18.5. The van der Waals surface area contributed by atoms with Crippen molar-refractivity contribution in [1.29, 1.82) is 0 Å². The Morgan fingerprint density at radius 1 is 1.30 bits per heavy atom. The van der Waals surface area contributed by atoms with Crippen molar-refractivity contribution in [3.63, 3.8) is 0 Å². The Kier molecular flexibility index (Phi) is 5.84. The van der Waals surface area contributed by atoms with Crippen LogP contribution in [0.15, 0.2) is 47.7 Å². The molecule has 2 aliphatic rings. The molecule has 27 heavy (non-hydrogen) atoms. The molecule has 2 N–H and O–H groups in total. The van der Waals surface area contributed by atoms with Gasteiger partial charge in [-0.25, -0.2) is 4.98 Å². The third-order valence-corrected chi connectivity index (χ3v) is 6.32. The number of hydrogen-bond acceptors (Lipinski definition) is 6. The van der Waals surface area contributed by atoms with Gasteiger partial charge in [-0.1, -0.05) is 12.1 Å². The number of nitrogens with zero attached hydrogens (tertiary/aromatic N) is 3. The Morgan fingerprint density at radius 2 is 2.19 bits per heavy atom. The number of aromatic nitrogens is 1. The fourth-order valence-corrected chi connectivity index (χ4v) is 4.85. The van der Waals surface area contributed by atoms with Crippen LogP contribution in [-0.2, 0) is 11.2 Å². The van der Waals surface area contributed by atoms with E-state index in [1.807, 2.05) is 29.7 Å². The third-order valence-electron chi connectivity index (χ3n) is 5.26. The highest BCUT2D eigenvalue weighted by atomic mass is 32.1. The van der Waals surface area contributed by atoms with Crippen LogP contribution in [0.25, 0.3) is 0 Å². The summed E-state index contributed by atoms with van der Waals surface area (Å²) in [6.45, 7) is 3.08. The molecule has 6 heteroatoms. The molecule has 0 bridgehead atoms. The van der Waals surface area contributed by atoms with Gasteiger partial charge in [-0.15, -0.1) is 11.3 Å². The lowest BCUT2D eigenvalue weighted by Gasteiger charge is -2.40. The van der Waals surface area contributed by atoms with Gasteiger partial charge < -0.3 is 15.4 Å². The number of ether oxygens (including phenoxy) is 1. The molecule has 2 fully saturated rings. The van der Waals surface area contributed by atoms with Crippen LogP contribution >= 0.6 is 11.3 Å². The van der Waals surface area contributed by atoms with Crippen molar-refractivity contribution in [3.8, 4) is 0 Å². The molecule has 0 amide bonds. The molecule has 2 saturated heterocycles. The van der Waals surface area contributed by atoms with E-state index in [0.717, 1.165) is 43.4 Å². The van der Waals surface area contributed by atoms with Crippen molar-refractivity contribution in [2.24, 2.45) is 16.6 Å². The van der Waals surface area contributed by atoms with Crippen molar-refractivity contribution < 1.29 is 4.74 Å². The molecule has 0 aliphatic carbocycles. The van der Waals surface area contributed by atoms with E-state index in [9.17, 15) is 0 Å². The maximum atomic E-state index is 5.93. The van der Waals surface area contributed by atoms with Crippen molar-refractivity contribution in [3.05, 3.63) is 53.2 Å². The molecule has 2 atom stereocenters. The largest absolute Gasteiger partial charge is 0.405 e. The van der Waals surface area contributed by atoms with Gasteiger partial charge in [0.2, 0.25) is 0 Å². The Labute approximate surface area is 164 Å². The number of thiazole rings is 1. The van der Waals surface area contributed by atoms with E-state index in [1.165, 1.54) is 29.5 Å². The van der Waals surface area contributed by atoms with E-state index >= 15 is 0 Å². The van der Waals surface area contributed by atoms with Gasteiger partial charge >= 0.3 is 0 Å². The highest BCUT2D eigenvalue weighted by Crippen LogP contribution is 2.33. The molecule has 0 saturated carbocycles. The molecule has 2 aromatic rings. The number of rotatable bonds is 5. The monoisotopic (exact) mass is 382 g/mol. The molecular formula is C21H26N4OS. The van der Waals surface area contributed by atoms with Gasteiger partial charge in [0.15, 0.2) is 5.13 Å². The number of nitrogens with two attached hydrogens (primary N) is 1. The van der Waals surface area contributed by atoms with Gasteiger partial charge in [0, 0.05) is 49.3 Å². The molecular weight excluding hydrogens is 356 g/mol. The summed E-state index contributed by atoms with van der Waals surface area (Å²) in [6.07, 6.45) is 11.9. The number of anilines is 1. The average Bonchev–Trinajstić information content (AvgIpc) is 3.18. The summed E-state index contributed by atoms with van der Waals surface area (Å²) in [5.41, 5.74) is 7.51. The van der Waals surface area contributed by atoms with Crippen LogP contribution < -0.4 is 10.6 Å². The molecule has 4 rings (SSSR count). The predicted octanol–water partition coefficient (Wildman–Crippen LogP) is 3.91. The fourth-order valence-electron chi connectivity index (χ4n) is 3.87. The number of benzene rings is 1. The summed E-state index contributed by atoms with van der Waals surface area (Å²) >= 11 is 1.82. The van der Waals surface area contributed by atoms with Crippen LogP contribution in [0.2, 0.25) is 0 Å². The summed E-state index contributed by atoms with van der Waals surface area (Å²) in [5.74, 6) is 0.669. The second-order valence-electron chi connectivity index (χ2n) is 7.16. The molecule has 5 nitrogen and oxygen atoms in total. The Bertz CT molecular complexity index is 799. The molecule has 1 aromatic heterocycles. The smallest absolute Gasteiger partial charge is 0.185 e. The minimum absolute atomic E-state index is 0.468. The second-order valence-corrected chi connectivity index (χ2v) is 8.26. The predicted molar refractivity (Wildman–Crippen MR) is 112 cm³/mol. The molecule has 0 spiro atoms. The number of allylic oxidation sites excluding steroid dienone is 1. The lowest BCUT2D eigenvalue weighted by atomic mass is 9.89. The van der Waals surface area contributed by atoms with E-state index in [-0.39, 0.29) is 0 Å². The summed E-state index contributed by atoms with van der Waals surface area (Å²) < 4.78 is 5.93. The van der Waals surface area contributed by atoms with E-state index in [1.54, 1.807) is 12.3 Å². The molecule has 2 aliphatic heterocycles. The van der Waals surface area contributed by atoms with E-state index in [2.05, 4.69) is 22.0 Å². The first kappa shape index (κ1) is 18.2. The van der Waals surface area contributed by atoms with E-state index < -0.39 is 0 Å². The Morgan fingerprint density at radius 3 is 3.04 bits per heavy atom. The SMILES string of the molecule is NC=CC=Nc1ccc(Cc2cnc(N3CCC4OCCCC4C3)s2)cc1. The van der Waals surface area contributed by atoms with Gasteiger partial charge in [0.05, 0.1) is 11.8 Å². The van der Waals surface area contributed by atoms with Gasteiger partial charge in [0.25, 0.3) is 0 Å². The second kappa shape index (κ2) is 8.67. The minimum atomic E-state index is 0.468. The van der Waals surface area contributed by atoms with Gasteiger partial charge in [-0.3, -0.25) is 4.99 Å². The van der Waals surface area contributed by atoms with Gasteiger partial charge in [-0.2, -0.15) is 0 Å². The van der Waals surface area contributed by atoms with Crippen molar-refractivity contribution in [1.82, 2.24) is 4.98 Å². The molecule has 3 heterocycles. The number of aliphatic imine (C=N–C) groups is 1. The third kappa shape index (κ3) is 4.57. The summed E-state index contributed by atoms with van der Waals surface area (Å²) in [6, 6.07) is 8.32. The van der Waals surface area contributed by atoms with E-state index in [4.69, 9.17) is 15.5 Å². The van der Waals surface area contributed by atoms with Crippen LogP contribution in [0.3, 0.4) is 0 Å². The Balaban J connectivity index is 1.36. The maximum Gasteiger partial charge on any atom is 0.185 e. The van der Waals surface area contributed by atoms with Crippen molar-refractivity contribution >= 4 is 28.4 Å². The molecule has 1 aromatic carbocycles. The zero-order valence-electron chi connectivity index (χ0n) is 15.5. The highest BCUT2D eigenvalue weighted by Gasteiger charge is 2.32. The number of piperidine rings is 1. The Hall–Kier alpha value is -2.18. The summed E-state index contributed by atoms with van der Waals surface area (Å²) in [5, 5.41) is 1.16.